The number of aromatic nitrogens is 1. The third kappa shape index (κ3) is 3.05. The molecule has 0 atom stereocenters. The summed E-state index contributed by atoms with van der Waals surface area (Å²) in [4.78, 5) is 15.7. The highest BCUT2D eigenvalue weighted by Crippen LogP contribution is 2.41. The van der Waals surface area contributed by atoms with E-state index in [1.807, 2.05) is 6.07 Å². The number of methoxy groups -OCH3 is 1. The Kier molecular flexibility index (Phi) is 4.45. The normalized spacial score (nSPS) is 13.2. The lowest BCUT2D eigenvalue weighted by Gasteiger charge is -2.21. The van der Waals surface area contributed by atoms with Gasteiger partial charge in [-0.2, -0.15) is 5.26 Å². The molecule has 0 fully saturated rings. The van der Waals surface area contributed by atoms with E-state index in [-0.39, 0.29) is 5.57 Å². The molecule has 2 heterocycles. The number of hydrogen-bond donors (Lipinski definition) is 1. The third-order valence-corrected chi connectivity index (χ3v) is 4.41. The molecular weight excluding hydrogens is 363 g/mol. The molecule has 0 amide bonds. The van der Waals surface area contributed by atoms with Crippen molar-refractivity contribution in [3.8, 4) is 23.3 Å². The molecule has 1 aromatic heterocycles. The first kappa shape index (κ1) is 17.6. The average Bonchev–Trinajstić information content (AvgIpc) is 3.13. The van der Waals surface area contributed by atoms with Crippen molar-refractivity contribution in [3.63, 3.8) is 0 Å². The molecule has 28 heavy (non-hydrogen) atoms. The third-order valence-electron chi connectivity index (χ3n) is 4.41. The lowest BCUT2D eigenvalue weighted by Crippen LogP contribution is -2.16. The molecule has 0 bridgehead atoms. The Morgan fingerprint density at radius 2 is 2.11 bits per heavy atom. The zero-order valence-electron chi connectivity index (χ0n) is 14.9. The molecule has 3 aromatic rings. The van der Waals surface area contributed by atoms with Gasteiger partial charge in [0.15, 0.2) is 11.5 Å². The number of aromatic amines is 1. The molecule has 0 saturated heterocycles. The molecule has 2 aromatic carbocycles. The molecule has 1 N–H and O–H groups in total. The first-order chi connectivity index (χ1) is 13.6. The largest absolute Gasteiger partial charge is 0.493 e. The predicted molar refractivity (Wildman–Crippen MR) is 100 cm³/mol. The smallest absolute Gasteiger partial charge is 0.205 e. The molecular formula is C21H15FN2O4. The molecule has 0 radical (unpaired) electrons. The Hall–Kier alpha value is -3.79. The van der Waals surface area contributed by atoms with Crippen LogP contribution in [-0.4, -0.2) is 31.1 Å². The molecule has 1 aliphatic rings. The number of nitrogens with one attached hydrogen (secondary N) is 1. The van der Waals surface area contributed by atoms with Gasteiger partial charge in [0.1, 0.15) is 30.7 Å². The standard InChI is InChI=1S/C21H15FN2O4/c1-26-18-7-12(8-19-21(18)28-5-4-27-19)6-13(10-23)20(25)16-11-24-17-9-14(22)2-3-15(16)17/h2-3,6-9,11,24H,4-5H2,1H3. The summed E-state index contributed by atoms with van der Waals surface area (Å²) in [6.45, 7) is 0.820. The monoisotopic (exact) mass is 378 g/mol. The van der Waals surface area contributed by atoms with Crippen LogP contribution in [0.1, 0.15) is 15.9 Å². The molecule has 140 valence electrons. The van der Waals surface area contributed by atoms with Gasteiger partial charge in [-0.15, -0.1) is 0 Å². The molecule has 0 spiro atoms. The van der Waals surface area contributed by atoms with E-state index in [0.29, 0.717) is 52.5 Å². The summed E-state index contributed by atoms with van der Waals surface area (Å²) in [5.74, 6) is 0.566. The maximum Gasteiger partial charge on any atom is 0.205 e. The SMILES string of the molecule is COc1cc(C=C(C#N)C(=O)c2c[nH]c3cc(F)ccc23)cc2c1OCCO2. The summed E-state index contributed by atoms with van der Waals surface area (Å²) in [5, 5.41) is 10.1. The fraction of sp³-hybridized carbons (Fsp3) is 0.143. The zero-order valence-corrected chi connectivity index (χ0v) is 14.9. The lowest BCUT2D eigenvalue weighted by molar-refractivity contribution is 0.104. The van der Waals surface area contributed by atoms with E-state index >= 15 is 0 Å². The number of carbonyl (C=O) groups is 1. The summed E-state index contributed by atoms with van der Waals surface area (Å²) < 4.78 is 29.8. The van der Waals surface area contributed by atoms with Gasteiger partial charge in [0, 0.05) is 22.7 Å². The fourth-order valence-electron chi connectivity index (χ4n) is 3.12. The first-order valence-electron chi connectivity index (χ1n) is 8.51. The Morgan fingerprint density at radius 1 is 1.29 bits per heavy atom. The molecule has 0 unspecified atom stereocenters. The van der Waals surface area contributed by atoms with Crippen molar-refractivity contribution in [1.29, 1.82) is 5.26 Å². The minimum atomic E-state index is -0.464. The molecule has 6 nitrogen and oxygen atoms in total. The second kappa shape index (κ2) is 7.08. The van der Waals surface area contributed by atoms with Crippen LogP contribution in [0, 0.1) is 17.1 Å². The van der Waals surface area contributed by atoms with Crippen molar-refractivity contribution in [2.75, 3.05) is 20.3 Å². The van der Waals surface area contributed by atoms with Crippen molar-refractivity contribution < 1.29 is 23.4 Å². The maximum atomic E-state index is 13.4. The summed E-state index contributed by atoms with van der Waals surface area (Å²) in [7, 11) is 1.50. The van der Waals surface area contributed by atoms with Gasteiger partial charge in [-0.25, -0.2) is 4.39 Å². The highest BCUT2D eigenvalue weighted by Gasteiger charge is 2.20. The minimum absolute atomic E-state index is 0.0658. The van der Waals surface area contributed by atoms with Gasteiger partial charge in [0.2, 0.25) is 11.5 Å². The van der Waals surface area contributed by atoms with Crippen LogP contribution < -0.4 is 14.2 Å². The number of halogens is 1. The number of hydrogen-bond acceptors (Lipinski definition) is 5. The number of rotatable bonds is 4. The van der Waals surface area contributed by atoms with E-state index in [9.17, 15) is 14.4 Å². The Morgan fingerprint density at radius 3 is 2.89 bits per heavy atom. The second-order valence-corrected chi connectivity index (χ2v) is 6.14. The van der Waals surface area contributed by atoms with Gasteiger partial charge in [-0.05, 0) is 42.0 Å². The quantitative estimate of drug-likeness (QED) is 0.423. The maximum absolute atomic E-state index is 13.4. The Labute approximate surface area is 159 Å². The van der Waals surface area contributed by atoms with E-state index in [0.717, 1.165) is 0 Å². The van der Waals surface area contributed by atoms with Crippen LogP contribution in [0.25, 0.3) is 17.0 Å². The van der Waals surface area contributed by atoms with Gasteiger partial charge in [-0.3, -0.25) is 4.79 Å². The molecule has 4 rings (SSSR count). The summed E-state index contributed by atoms with van der Waals surface area (Å²) in [5.41, 5.74) is 1.29. The van der Waals surface area contributed by atoms with Gasteiger partial charge in [0.25, 0.3) is 0 Å². The molecule has 0 aliphatic carbocycles. The van der Waals surface area contributed by atoms with E-state index in [4.69, 9.17) is 14.2 Å². The zero-order chi connectivity index (χ0) is 19.7. The van der Waals surface area contributed by atoms with Crippen LogP contribution >= 0.6 is 0 Å². The number of ketones is 1. The molecule has 7 heteroatoms. The number of fused-ring (bicyclic) bond motifs is 2. The molecule has 0 saturated carbocycles. The number of carbonyl (C=O) groups excluding carboxylic acids is 1. The highest BCUT2D eigenvalue weighted by atomic mass is 19.1. The van der Waals surface area contributed by atoms with Gasteiger partial charge in [-0.1, -0.05) is 0 Å². The summed E-state index contributed by atoms with van der Waals surface area (Å²) in [6.07, 6.45) is 2.94. The highest BCUT2D eigenvalue weighted by molar-refractivity contribution is 6.19. The van der Waals surface area contributed by atoms with E-state index < -0.39 is 11.6 Å². The number of H-pyrrole nitrogens is 1. The van der Waals surface area contributed by atoms with Gasteiger partial charge < -0.3 is 19.2 Å². The van der Waals surface area contributed by atoms with Crippen LogP contribution in [0.3, 0.4) is 0 Å². The number of Topliss-reactive ketones (excluding diaryl/α,β-unsaturated/α-hetero) is 1. The number of nitriles is 1. The van der Waals surface area contributed by atoms with Gasteiger partial charge in [0.05, 0.1) is 7.11 Å². The lowest BCUT2D eigenvalue weighted by atomic mass is 10.0. The first-order valence-corrected chi connectivity index (χ1v) is 8.51. The van der Waals surface area contributed by atoms with Crippen molar-refractivity contribution in [2.24, 2.45) is 0 Å². The van der Waals surface area contributed by atoms with Crippen LogP contribution in [0.4, 0.5) is 4.39 Å². The van der Waals surface area contributed by atoms with Crippen molar-refractivity contribution >= 4 is 22.8 Å². The van der Waals surface area contributed by atoms with Crippen molar-refractivity contribution in [3.05, 3.63) is 59.0 Å². The predicted octanol–water partition coefficient (Wildman–Crippen LogP) is 3.88. The number of allylic oxidation sites excluding steroid dienone is 1. The number of nitrogens with zero attached hydrogens (tertiary/aromatic N) is 1. The molecule has 1 aliphatic heterocycles. The van der Waals surface area contributed by atoms with Crippen molar-refractivity contribution in [2.45, 2.75) is 0 Å². The van der Waals surface area contributed by atoms with E-state index in [1.165, 1.54) is 37.6 Å². The van der Waals surface area contributed by atoms with Crippen LogP contribution in [0.5, 0.6) is 17.2 Å². The summed E-state index contributed by atoms with van der Waals surface area (Å²) >= 11 is 0. The Balaban J connectivity index is 1.75. The average molecular weight is 378 g/mol. The minimum Gasteiger partial charge on any atom is -0.493 e. The van der Waals surface area contributed by atoms with Crippen molar-refractivity contribution in [1.82, 2.24) is 4.98 Å². The van der Waals surface area contributed by atoms with E-state index in [1.54, 1.807) is 12.1 Å². The number of benzene rings is 2. The van der Waals surface area contributed by atoms with Gasteiger partial charge >= 0.3 is 0 Å². The van der Waals surface area contributed by atoms with E-state index in [2.05, 4.69) is 4.98 Å². The van der Waals surface area contributed by atoms with Crippen LogP contribution in [0.15, 0.2) is 42.1 Å². The summed E-state index contributed by atoms with van der Waals surface area (Å²) in [6, 6.07) is 9.38. The fourth-order valence-corrected chi connectivity index (χ4v) is 3.12. The topological polar surface area (TPSA) is 84.3 Å². The Bertz CT molecular complexity index is 1140. The second-order valence-electron chi connectivity index (χ2n) is 6.14. The van der Waals surface area contributed by atoms with Crippen LogP contribution in [-0.2, 0) is 0 Å². The number of ether oxygens (including phenoxy) is 3. The van der Waals surface area contributed by atoms with Crippen LogP contribution in [0.2, 0.25) is 0 Å².